The van der Waals surface area contributed by atoms with Crippen LogP contribution in [0.1, 0.15) is 277 Å². The molecule has 4 nitrogen and oxygen atoms in total. The van der Waals surface area contributed by atoms with Crippen LogP contribution >= 0.6 is 0 Å². The summed E-state index contributed by atoms with van der Waals surface area (Å²) in [5.74, 6) is -0.682. The fourth-order valence-electron chi connectivity index (χ4n) is 7.42. The van der Waals surface area contributed by atoms with Gasteiger partial charge in [-0.05, 0) is 38.5 Å². The molecule has 0 radical (unpaired) electrons. The van der Waals surface area contributed by atoms with Gasteiger partial charge in [-0.1, -0.05) is 226 Å². The van der Waals surface area contributed by atoms with E-state index in [0.717, 1.165) is 64.2 Å². The van der Waals surface area contributed by atoms with Crippen molar-refractivity contribution in [3.8, 4) is 0 Å². The van der Waals surface area contributed by atoms with Gasteiger partial charge in [0.05, 0.1) is 0 Å². The van der Waals surface area contributed by atoms with E-state index in [2.05, 4.69) is 13.8 Å². The number of esters is 1. The Morgan fingerprint density at radius 2 is 0.600 bits per heavy atom. The third kappa shape index (κ3) is 41.4. The predicted molar refractivity (Wildman–Crippen MR) is 218 cm³/mol. The highest BCUT2D eigenvalue weighted by Crippen LogP contribution is 2.20. The average molecular weight is 707 g/mol. The molecule has 298 valence electrons. The molecule has 0 heterocycles. The van der Waals surface area contributed by atoms with E-state index in [1.807, 2.05) is 0 Å². The van der Waals surface area contributed by atoms with Crippen LogP contribution in [-0.2, 0) is 14.3 Å². The first kappa shape index (κ1) is 48.9. The van der Waals surface area contributed by atoms with E-state index in [4.69, 9.17) is 9.84 Å². The average Bonchev–Trinajstić information content (AvgIpc) is 3.10. The number of carboxylic acids is 1. The van der Waals surface area contributed by atoms with E-state index in [1.165, 1.54) is 186 Å². The van der Waals surface area contributed by atoms with Gasteiger partial charge >= 0.3 is 11.9 Å². The molecule has 0 aromatic carbocycles. The summed E-state index contributed by atoms with van der Waals surface area (Å²) in [4.78, 5) is 23.5. The van der Waals surface area contributed by atoms with Crippen molar-refractivity contribution in [2.75, 3.05) is 0 Å². The number of carbonyl (C=O) groups is 2. The van der Waals surface area contributed by atoms with Crippen molar-refractivity contribution < 1.29 is 19.4 Å². The van der Waals surface area contributed by atoms with Crippen molar-refractivity contribution in [1.82, 2.24) is 0 Å². The van der Waals surface area contributed by atoms with Crippen LogP contribution in [-0.4, -0.2) is 23.1 Å². The van der Waals surface area contributed by atoms with Gasteiger partial charge in [0.2, 0.25) is 0 Å². The molecule has 0 spiro atoms. The molecule has 1 atom stereocenters. The zero-order valence-electron chi connectivity index (χ0n) is 34.2. The van der Waals surface area contributed by atoms with E-state index in [9.17, 15) is 9.59 Å². The number of unbranched alkanes of at least 4 members (excludes halogenated alkanes) is 34. The van der Waals surface area contributed by atoms with Crippen LogP contribution in [0.25, 0.3) is 0 Å². The Morgan fingerprint density at radius 1 is 0.360 bits per heavy atom. The molecule has 0 amide bonds. The molecule has 0 rings (SSSR count). The van der Waals surface area contributed by atoms with Gasteiger partial charge in [0.25, 0.3) is 0 Å². The SMILES string of the molecule is CCCCCCCCCCCCCCCCCCCC(=O)OC(CCCCCCCCCCCCCCCCC)CCCCCCCC(=O)O. The minimum atomic E-state index is -0.694. The Balaban J connectivity index is 3.93. The molecule has 1 N–H and O–H groups in total. The van der Waals surface area contributed by atoms with Crippen molar-refractivity contribution in [2.45, 2.75) is 283 Å². The number of aliphatic carboxylic acids is 1. The molecule has 0 aliphatic carbocycles. The molecule has 0 saturated carbocycles. The predicted octanol–water partition coefficient (Wildman–Crippen LogP) is 16.0. The fourth-order valence-corrected chi connectivity index (χ4v) is 7.42. The molecule has 0 aromatic rings. The Morgan fingerprint density at radius 3 is 0.880 bits per heavy atom. The number of carboxylic acid groups (broad SMARTS) is 1. The van der Waals surface area contributed by atoms with Crippen LogP contribution in [0.15, 0.2) is 0 Å². The van der Waals surface area contributed by atoms with Crippen LogP contribution in [0, 0.1) is 0 Å². The summed E-state index contributed by atoms with van der Waals surface area (Å²) >= 11 is 0. The van der Waals surface area contributed by atoms with Crippen molar-refractivity contribution in [3.05, 3.63) is 0 Å². The monoisotopic (exact) mass is 707 g/mol. The summed E-state index contributed by atoms with van der Waals surface area (Å²) in [6.07, 6.45) is 51.4. The Labute approximate surface area is 313 Å². The van der Waals surface area contributed by atoms with E-state index in [0.29, 0.717) is 6.42 Å². The minimum absolute atomic E-state index is 0.0124. The minimum Gasteiger partial charge on any atom is -0.481 e. The lowest BCUT2D eigenvalue weighted by molar-refractivity contribution is -0.150. The Kier molecular flexibility index (Phi) is 41.5. The van der Waals surface area contributed by atoms with Crippen molar-refractivity contribution in [1.29, 1.82) is 0 Å². The lowest BCUT2D eigenvalue weighted by atomic mass is 10.0. The Hall–Kier alpha value is -1.06. The van der Waals surface area contributed by atoms with Gasteiger partial charge in [0, 0.05) is 12.8 Å². The zero-order chi connectivity index (χ0) is 36.4. The van der Waals surface area contributed by atoms with Crippen LogP contribution < -0.4 is 0 Å². The van der Waals surface area contributed by atoms with Crippen LogP contribution in [0.5, 0.6) is 0 Å². The summed E-state index contributed by atoms with van der Waals surface area (Å²) in [5, 5.41) is 8.85. The standard InChI is InChI=1S/C46H90O4/c1-3-5-7-9-11-13-15-17-19-20-22-24-26-28-30-35-39-43-46(49)50-44(41-37-33-31-34-38-42-45(47)48)40-36-32-29-27-25-23-21-18-16-14-12-10-8-6-4-2/h44H,3-43H2,1-2H3,(H,47,48). The van der Waals surface area contributed by atoms with Crippen LogP contribution in [0.4, 0.5) is 0 Å². The molecule has 0 bridgehead atoms. The van der Waals surface area contributed by atoms with E-state index >= 15 is 0 Å². The molecule has 4 heteroatoms. The van der Waals surface area contributed by atoms with Gasteiger partial charge in [-0.3, -0.25) is 9.59 Å². The lowest BCUT2D eigenvalue weighted by Crippen LogP contribution is -2.18. The second-order valence-corrected chi connectivity index (χ2v) is 16.0. The Bertz CT molecular complexity index is 677. The van der Waals surface area contributed by atoms with E-state index < -0.39 is 5.97 Å². The van der Waals surface area contributed by atoms with E-state index in [-0.39, 0.29) is 18.5 Å². The van der Waals surface area contributed by atoms with Crippen LogP contribution in [0.2, 0.25) is 0 Å². The normalized spacial score (nSPS) is 12.0. The molecule has 0 saturated heterocycles. The summed E-state index contributed by atoms with van der Waals surface area (Å²) in [5.41, 5.74) is 0. The first-order valence-corrected chi connectivity index (χ1v) is 23.0. The maximum atomic E-state index is 12.7. The largest absolute Gasteiger partial charge is 0.481 e. The van der Waals surface area contributed by atoms with Gasteiger partial charge in [0.1, 0.15) is 6.10 Å². The zero-order valence-corrected chi connectivity index (χ0v) is 34.2. The third-order valence-electron chi connectivity index (χ3n) is 10.8. The highest BCUT2D eigenvalue weighted by molar-refractivity contribution is 5.69. The van der Waals surface area contributed by atoms with E-state index in [1.54, 1.807) is 0 Å². The van der Waals surface area contributed by atoms with Crippen molar-refractivity contribution in [3.63, 3.8) is 0 Å². The number of hydrogen-bond acceptors (Lipinski definition) is 3. The first-order chi connectivity index (χ1) is 24.6. The van der Waals surface area contributed by atoms with Gasteiger partial charge < -0.3 is 9.84 Å². The lowest BCUT2D eigenvalue weighted by Gasteiger charge is -2.18. The number of rotatable bonds is 43. The van der Waals surface area contributed by atoms with Gasteiger partial charge in [0.15, 0.2) is 0 Å². The molecular formula is C46H90O4. The van der Waals surface area contributed by atoms with Crippen LogP contribution in [0.3, 0.4) is 0 Å². The van der Waals surface area contributed by atoms with Crippen molar-refractivity contribution >= 4 is 11.9 Å². The summed E-state index contributed by atoms with van der Waals surface area (Å²) in [6, 6.07) is 0. The number of carbonyl (C=O) groups excluding carboxylic acids is 1. The molecule has 0 aliphatic heterocycles. The molecule has 0 aromatic heterocycles. The number of ether oxygens (including phenoxy) is 1. The summed E-state index contributed by atoms with van der Waals surface area (Å²) < 4.78 is 6.04. The molecule has 0 aliphatic rings. The summed E-state index contributed by atoms with van der Waals surface area (Å²) in [7, 11) is 0. The molecule has 0 fully saturated rings. The maximum absolute atomic E-state index is 12.7. The molecule has 1 unspecified atom stereocenters. The second-order valence-electron chi connectivity index (χ2n) is 16.0. The first-order valence-electron chi connectivity index (χ1n) is 23.0. The smallest absolute Gasteiger partial charge is 0.306 e. The molecule has 50 heavy (non-hydrogen) atoms. The summed E-state index contributed by atoms with van der Waals surface area (Å²) in [6.45, 7) is 4.58. The van der Waals surface area contributed by atoms with Gasteiger partial charge in [-0.2, -0.15) is 0 Å². The number of hydrogen-bond donors (Lipinski definition) is 1. The van der Waals surface area contributed by atoms with Gasteiger partial charge in [-0.25, -0.2) is 0 Å². The third-order valence-corrected chi connectivity index (χ3v) is 10.8. The quantitative estimate of drug-likeness (QED) is 0.0506. The second kappa shape index (κ2) is 42.4. The highest BCUT2D eigenvalue weighted by atomic mass is 16.5. The topological polar surface area (TPSA) is 63.6 Å². The van der Waals surface area contributed by atoms with Gasteiger partial charge in [-0.15, -0.1) is 0 Å². The maximum Gasteiger partial charge on any atom is 0.306 e. The molecular weight excluding hydrogens is 617 g/mol. The van der Waals surface area contributed by atoms with Crippen molar-refractivity contribution in [2.24, 2.45) is 0 Å². The highest BCUT2D eigenvalue weighted by Gasteiger charge is 2.14. The fraction of sp³-hybridized carbons (Fsp3) is 0.957.